The Morgan fingerprint density at radius 1 is 1.31 bits per heavy atom. The van der Waals surface area contributed by atoms with E-state index in [9.17, 15) is 19.7 Å². The summed E-state index contributed by atoms with van der Waals surface area (Å²) in [4.78, 5) is 37.4. The van der Waals surface area contributed by atoms with Crippen LogP contribution in [0, 0.1) is 10.1 Å². The van der Waals surface area contributed by atoms with Crippen molar-refractivity contribution in [2.75, 3.05) is 13.1 Å². The van der Waals surface area contributed by atoms with Gasteiger partial charge in [0.1, 0.15) is 6.04 Å². The molecule has 0 unspecified atom stereocenters. The Balaban J connectivity index is 2.01. The lowest BCUT2D eigenvalue weighted by molar-refractivity contribution is -0.385. The van der Waals surface area contributed by atoms with E-state index in [2.05, 4.69) is 21.2 Å². The zero-order valence-electron chi connectivity index (χ0n) is 13.3. The second-order valence-corrected chi connectivity index (χ2v) is 6.90. The lowest BCUT2D eigenvalue weighted by Gasteiger charge is -2.35. The van der Waals surface area contributed by atoms with Gasteiger partial charge in [-0.15, -0.1) is 0 Å². The van der Waals surface area contributed by atoms with Crippen LogP contribution in [0.25, 0.3) is 0 Å². The fourth-order valence-corrected chi connectivity index (χ4v) is 3.47. The largest absolute Gasteiger partial charge is 0.352 e. The highest BCUT2D eigenvalue weighted by Gasteiger charge is 2.36. The van der Waals surface area contributed by atoms with Crippen molar-refractivity contribution in [1.82, 2.24) is 10.2 Å². The van der Waals surface area contributed by atoms with Gasteiger partial charge in [0.2, 0.25) is 5.91 Å². The van der Waals surface area contributed by atoms with Crippen LogP contribution in [0.2, 0.25) is 5.02 Å². The van der Waals surface area contributed by atoms with Crippen LogP contribution in [0.15, 0.2) is 46.9 Å². The second-order valence-electron chi connectivity index (χ2n) is 5.64. The predicted octanol–water partition coefficient (Wildman–Crippen LogP) is 3.32. The number of nitro benzene ring substituents is 1. The van der Waals surface area contributed by atoms with Crippen LogP contribution >= 0.6 is 27.5 Å². The molecule has 2 aromatic carbocycles. The van der Waals surface area contributed by atoms with Gasteiger partial charge in [0, 0.05) is 35.3 Å². The molecule has 1 fully saturated rings. The van der Waals surface area contributed by atoms with E-state index in [-0.39, 0.29) is 28.2 Å². The highest BCUT2D eigenvalue weighted by Crippen LogP contribution is 2.32. The number of hydrogen-bond acceptors (Lipinski definition) is 4. The third kappa shape index (κ3) is 3.42. The van der Waals surface area contributed by atoms with Crippen molar-refractivity contribution in [2.24, 2.45) is 0 Å². The molecule has 1 heterocycles. The second kappa shape index (κ2) is 7.43. The molecule has 7 nitrogen and oxygen atoms in total. The lowest BCUT2D eigenvalue weighted by Crippen LogP contribution is -2.52. The molecule has 1 saturated heterocycles. The fourth-order valence-electron chi connectivity index (χ4n) is 2.84. The molecule has 1 atom stereocenters. The van der Waals surface area contributed by atoms with Gasteiger partial charge in [-0.25, -0.2) is 0 Å². The summed E-state index contributed by atoms with van der Waals surface area (Å²) in [6.45, 7) is 0.564. The van der Waals surface area contributed by atoms with Crippen LogP contribution in [0.5, 0.6) is 0 Å². The van der Waals surface area contributed by atoms with Crippen molar-refractivity contribution in [3.05, 3.63) is 73.2 Å². The molecule has 26 heavy (non-hydrogen) atoms. The topological polar surface area (TPSA) is 92.6 Å². The van der Waals surface area contributed by atoms with E-state index in [0.717, 1.165) is 0 Å². The van der Waals surface area contributed by atoms with Gasteiger partial charge in [-0.2, -0.15) is 0 Å². The van der Waals surface area contributed by atoms with Gasteiger partial charge in [0.05, 0.1) is 9.40 Å². The van der Waals surface area contributed by atoms with Gasteiger partial charge in [-0.3, -0.25) is 19.7 Å². The summed E-state index contributed by atoms with van der Waals surface area (Å²) in [6, 6.07) is 10.0. The first-order valence-corrected chi connectivity index (χ1v) is 8.84. The molecule has 0 spiro atoms. The fraction of sp³-hybridized carbons (Fsp3) is 0.176. The van der Waals surface area contributed by atoms with E-state index < -0.39 is 16.9 Å². The van der Waals surface area contributed by atoms with Gasteiger partial charge in [-0.05, 0) is 34.1 Å². The minimum absolute atomic E-state index is 0.131. The highest BCUT2D eigenvalue weighted by atomic mass is 79.9. The average molecular weight is 439 g/mol. The molecule has 2 amide bonds. The first kappa shape index (κ1) is 18.3. The normalized spacial score (nSPS) is 16.9. The molecular weight excluding hydrogens is 426 g/mol. The first-order chi connectivity index (χ1) is 12.4. The first-order valence-electron chi connectivity index (χ1n) is 7.67. The van der Waals surface area contributed by atoms with Gasteiger partial charge in [-0.1, -0.05) is 29.8 Å². The molecule has 0 radical (unpaired) electrons. The van der Waals surface area contributed by atoms with Crippen LogP contribution in [0.1, 0.15) is 22.0 Å². The Morgan fingerprint density at radius 3 is 2.73 bits per heavy atom. The summed E-state index contributed by atoms with van der Waals surface area (Å²) in [5.41, 5.74) is 0.421. The van der Waals surface area contributed by atoms with Gasteiger partial charge < -0.3 is 10.2 Å². The number of nitrogens with one attached hydrogen (secondary N) is 1. The van der Waals surface area contributed by atoms with E-state index in [4.69, 9.17) is 11.6 Å². The molecule has 1 aliphatic rings. The Hall–Kier alpha value is -2.45. The number of amides is 2. The Morgan fingerprint density at radius 2 is 2.04 bits per heavy atom. The van der Waals surface area contributed by atoms with Gasteiger partial charge in [0.15, 0.2) is 0 Å². The molecule has 3 rings (SSSR count). The van der Waals surface area contributed by atoms with Crippen LogP contribution in [-0.2, 0) is 4.79 Å². The maximum atomic E-state index is 13.0. The monoisotopic (exact) mass is 437 g/mol. The number of hydrogen-bond donors (Lipinski definition) is 1. The van der Waals surface area contributed by atoms with E-state index in [1.54, 1.807) is 24.3 Å². The molecule has 1 N–H and O–H groups in total. The van der Waals surface area contributed by atoms with Crippen molar-refractivity contribution in [1.29, 1.82) is 0 Å². The van der Waals surface area contributed by atoms with Crippen molar-refractivity contribution in [2.45, 2.75) is 6.04 Å². The van der Waals surface area contributed by atoms with E-state index in [1.807, 2.05) is 0 Å². The number of carbonyl (C=O) groups excluding carboxylic acids is 2. The van der Waals surface area contributed by atoms with Crippen molar-refractivity contribution >= 4 is 45.0 Å². The summed E-state index contributed by atoms with van der Waals surface area (Å²) < 4.78 is 0.276. The average Bonchev–Trinajstić information content (AvgIpc) is 2.62. The van der Waals surface area contributed by atoms with Crippen molar-refractivity contribution < 1.29 is 14.5 Å². The maximum Gasteiger partial charge on any atom is 0.284 e. The van der Waals surface area contributed by atoms with Crippen molar-refractivity contribution in [3.63, 3.8) is 0 Å². The number of benzene rings is 2. The molecule has 134 valence electrons. The molecule has 0 aromatic heterocycles. The number of piperazine rings is 1. The van der Waals surface area contributed by atoms with Crippen LogP contribution in [0.3, 0.4) is 0 Å². The summed E-state index contributed by atoms with van der Waals surface area (Å²) in [5, 5.41) is 14.2. The van der Waals surface area contributed by atoms with E-state index >= 15 is 0 Å². The number of nitro groups is 1. The van der Waals surface area contributed by atoms with E-state index in [1.165, 1.54) is 23.1 Å². The number of nitrogens with zero attached hydrogens (tertiary/aromatic N) is 2. The highest BCUT2D eigenvalue weighted by molar-refractivity contribution is 9.10. The number of rotatable bonds is 3. The smallest absolute Gasteiger partial charge is 0.284 e. The molecule has 1 aliphatic heterocycles. The molecule has 2 aromatic rings. The summed E-state index contributed by atoms with van der Waals surface area (Å²) in [5.74, 6) is -0.815. The zero-order chi connectivity index (χ0) is 18.8. The molecule has 0 saturated carbocycles. The Labute approximate surface area is 162 Å². The van der Waals surface area contributed by atoms with Crippen molar-refractivity contribution in [3.8, 4) is 0 Å². The molecular formula is C17H13BrClN3O4. The lowest BCUT2D eigenvalue weighted by atomic mass is 10.0. The van der Waals surface area contributed by atoms with Gasteiger partial charge in [0.25, 0.3) is 11.6 Å². The summed E-state index contributed by atoms with van der Waals surface area (Å²) >= 11 is 9.31. The molecule has 9 heteroatoms. The minimum Gasteiger partial charge on any atom is -0.352 e. The predicted molar refractivity (Wildman–Crippen MR) is 99.0 cm³/mol. The summed E-state index contributed by atoms with van der Waals surface area (Å²) in [6.07, 6.45) is 0. The van der Waals surface area contributed by atoms with Crippen LogP contribution < -0.4 is 5.32 Å². The maximum absolute atomic E-state index is 13.0. The Bertz CT molecular complexity index is 905. The minimum atomic E-state index is -0.896. The summed E-state index contributed by atoms with van der Waals surface area (Å²) in [7, 11) is 0. The van der Waals surface area contributed by atoms with Gasteiger partial charge >= 0.3 is 0 Å². The number of halogens is 2. The third-order valence-electron chi connectivity index (χ3n) is 4.06. The molecule has 0 aliphatic carbocycles. The van der Waals surface area contributed by atoms with E-state index in [0.29, 0.717) is 17.1 Å². The quantitative estimate of drug-likeness (QED) is 0.588. The third-order valence-corrected chi connectivity index (χ3v) is 5.08. The SMILES string of the molecule is O=C1NCCN(C(=O)c2ccc(Br)c([N+](=O)[O-])c2)[C@H]1c1ccccc1Cl. The van der Waals surface area contributed by atoms with Crippen LogP contribution in [-0.4, -0.2) is 34.7 Å². The van der Waals surface area contributed by atoms with Crippen LogP contribution in [0.4, 0.5) is 5.69 Å². The molecule has 0 bridgehead atoms. The number of carbonyl (C=O) groups is 2. The standard InChI is InChI=1S/C17H13BrClN3O4/c18-12-6-5-10(9-14(12)22(25)26)17(24)21-8-7-20-16(23)15(21)11-3-1-2-4-13(11)19/h1-6,9,15H,7-8H2,(H,20,23)/t15-/m0/s1. The Kier molecular flexibility index (Phi) is 5.24. The zero-order valence-corrected chi connectivity index (χ0v) is 15.7.